The van der Waals surface area contributed by atoms with Gasteiger partial charge in [-0.15, -0.1) is 6.42 Å². The van der Waals surface area contributed by atoms with Crippen molar-refractivity contribution >= 4 is 29.1 Å². The van der Waals surface area contributed by atoms with Gasteiger partial charge in [0, 0.05) is 16.1 Å². The highest BCUT2D eigenvalue weighted by Crippen LogP contribution is 2.28. The number of likely N-dealkylation sites (N-methyl/N-ethyl adjacent to an activating group) is 1. The van der Waals surface area contributed by atoms with Crippen molar-refractivity contribution < 1.29 is 4.79 Å². The third-order valence-corrected chi connectivity index (χ3v) is 3.42. The molecule has 19 heavy (non-hydrogen) atoms. The summed E-state index contributed by atoms with van der Waals surface area (Å²) in [6.07, 6.45) is 5.08. The summed E-state index contributed by atoms with van der Waals surface area (Å²) in [5, 5.41) is 3.81. The van der Waals surface area contributed by atoms with Gasteiger partial charge in [0.05, 0.1) is 13.1 Å². The molecule has 1 amide bonds. The van der Waals surface area contributed by atoms with E-state index in [1.807, 2.05) is 24.9 Å². The van der Waals surface area contributed by atoms with Gasteiger partial charge in [0.15, 0.2) is 0 Å². The average molecular weight is 299 g/mol. The van der Waals surface area contributed by atoms with Gasteiger partial charge in [-0.05, 0) is 31.7 Å². The minimum absolute atomic E-state index is 0.00125. The number of terminal acetylenes is 1. The Labute approximate surface area is 123 Å². The third-order valence-electron chi connectivity index (χ3n) is 2.85. The van der Waals surface area contributed by atoms with Gasteiger partial charge in [-0.2, -0.15) is 0 Å². The number of hydrogen-bond acceptors (Lipinski definition) is 2. The van der Waals surface area contributed by atoms with Gasteiger partial charge in [-0.25, -0.2) is 0 Å². The smallest absolute Gasteiger partial charge is 0.234 e. The fourth-order valence-electron chi connectivity index (χ4n) is 1.65. The van der Waals surface area contributed by atoms with Crippen molar-refractivity contribution in [3.8, 4) is 12.3 Å². The molecule has 1 aromatic carbocycles. The van der Waals surface area contributed by atoms with E-state index in [0.29, 0.717) is 10.0 Å². The number of benzene rings is 1. The van der Waals surface area contributed by atoms with E-state index in [-0.39, 0.29) is 25.0 Å². The van der Waals surface area contributed by atoms with Crippen molar-refractivity contribution in [2.45, 2.75) is 13.0 Å². The maximum absolute atomic E-state index is 11.6. The quantitative estimate of drug-likeness (QED) is 0.848. The van der Waals surface area contributed by atoms with Gasteiger partial charge >= 0.3 is 0 Å². The Kier molecular flexibility index (Phi) is 6.17. The van der Waals surface area contributed by atoms with Gasteiger partial charge in [0.2, 0.25) is 5.91 Å². The first-order valence-electron chi connectivity index (χ1n) is 5.81. The predicted molar refractivity (Wildman–Crippen MR) is 79.3 cm³/mol. The number of halogens is 2. The minimum Gasteiger partial charge on any atom is -0.344 e. The molecule has 102 valence electrons. The molecule has 1 aromatic rings. The molecule has 0 heterocycles. The zero-order valence-corrected chi connectivity index (χ0v) is 12.4. The van der Waals surface area contributed by atoms with E-state index < -0.39 is 0 Å². The Hall–Kier alpha value is -1.21. The molecule has 0 saturated carbocycles. The number of carbonyl (C=O) groups excluding carboxylic acids is 1. The number of nitrogens with zero attached hydrogens (tertiary/aromatic N) is 1. The van der Waals surface area contributed by atoms with Gasteiger partial charge in [0.1, 0.15) is 0 Å². The molecule has 0 radical (unpaired) electrons. The van der Waals surface area contributed by atoms with Gasteiger partial charge in [-0.3, -0.25) is 9.69 Å². The molecule has 1 unspecified atom stereocenters. The summed E-state index contributed by atoms with van der Waals surface area (Å²) in [5.41, 5.74) is 0.929. The van der Waals surface area contributed by atoms with Crippen molar-refractivity contribution in [3.05, 3.63) is 33.8 Å². The fourth-order valence-corrected chi connectivity index (χ4v) is 2.21. The first-order chi connectivity index (χ1) is 8.95. The lowest BCUT2D eigenvalue weighted by molar-refractivity contribution is -0.122. The Bertz CT molecular complexity index is 497. The predicted octanol–water partition coefficient (Wildman–Crippen LogP) is 2.74. The van der Waals surface area contributed by atoms with Gasteiger partial charge < -0.3 is 5.32 Å². The average Bonchev–Trinajstić information content (AvgIpc) is 2.35. The number of hydrogen-bond donors (Lipinski definition) is 1. The summed E-state index contributed by atoms with van der Waals surface area (Å²) in [7, 11) is 1.85. The molecule has 0 aliphatic heterocycles. The van der Waals surface area contributed by atoms with Crippen molar-refractivity contribution in [3.63, 3.8) is 0 Å². The largest absolute Gasteiger partial charge is 0.344 e. The van der Waals surface area contributed by atoms with Crippen molar-refractivity contribution in [1.29, 1.82) is 0 Å². The molecular weight excluding hydrogens is 283 g/mol. The zero-order valence-electron chi connectivity index (χ0n) is 10.9. The first kappa shape index (κ1) is 15.8. The van der Waals surface area contributed by atoms with Crippen LogP contribution in [0.25, 0.3) is 0 Å². The van der Waals surface area contributed by atoms with Crippen LogP contribution >= 0.6 is 23.2 Å². The van der Waals surface area contributed by atoms with E-state index in [2.05, 4.69) is 11.2 Å². The van der Waals surface area contributed by atoms with Gasteiger partial charge in [0.25, 0.3) is 0 Å². The molecule has 0 bridgehead atoms. The second-order valence-electron chi connectivity index (χ2n) is 4.24. The lowest BCUT2D eigenvalue weighted by atomic mass is 10.1. The molecule has 0 aliphatic carbocycles. The van der Waals surface area contributed by atoms with Gasteiger partial charge in [-0.1, -0.05) is 35.2 Å². The number of rotatable bonds is 5. The van der Waals surface area contributed by atoms with Crippen LogP contribution in [0.5, 0.6) is 0 Å². The summed E-state index contributed by atoms with van der Waals surface area (Å²) < 4.78 is 0. The second-order valence-corrected chi connectivity index (χ2v) is 5.08. The molecule has 0 aliphatic rings. The Morgan fingerprint density at radius 3 is 2.79 bits per heavy atom. The SMILES string of the molecule is C#CCNC(=O)CN(C)C(C)c1ccc(Cl)cc1Cl. The number of carbonyl (C=O) groups is 1. The topological polar surface area (TPSA) is 32.3 Å². The van der Waals surface area contributed by atoms with Crippen molar-refractivity contribution in [1.82, 2.24) is 10.2 Å². The Morgan fingerprint density at radius 2 is 2.21 bits per heavy atom. The summed E-state index contributed by atoms with van der Waals surface area (Å²) in [4.78, 5) is 13.5. The van der Waals surface area contributed by atoms with Crippen molar-refractivity contribution in [2.24, 2.45) is 0 Å². The van der Waals surface area contributed by atoms with E-state index in [9.17, 15) is 4.79 Å². The van der Waals surface area contributed by atoms with Crippen molar-refractivity contribution in [2.75, 3.05) is 20.1 Å². The van der Waals surface area contributed by atoms with E-state index >= 15 is 0 Å². The van der Waals surface area contributed by atoms with E-state index in [1.54, 1.807) is 12.1 Å². The van der Waals surface area contributed by atoms with Crippen LogP contribution in [0.1, 0.15) is 18.5 Å². The molecule has 0 saturated heterocycles. The maximum Gasteiger partial charge on any atom is 0.234 e. The van der Waals surface area contributed by atoms with Crippen LogP contribution in [0.15, 0.2) is 18.2 Å². The van der Waals surface area contributed by atoms with Crippen LogP contribution in [-0.4, -0.2) is 30.9 Å². The van der Waals surface area contributed by atoms with Crippen LogP contribution < -0.4 is 5.32 Å². The van der Waals surface area contributed by atoms with Crippen LogP contribution in [-0.2, 0) is 4.79 Å². The summed E-state index contributed by atoms with van der Waals surface area (Å²) >= 11 is 12.0. The third kappa shape index (κ3) is 4.76. The van der Waals surface area contributed by atoms with Crippen LogP contribution in [0.2, 0.25) is 10.0 Å². The molecule has 3 nitrogen and oxygen atoms in total. The Morgan fingerprint density at radius 1 is 1.53 bits per heavy atom. The zero-order chi connectivity index (χ0) is 14.4. The maximum atomic E-state index is 11.6. The summed E-state index contributed by atoms with van der Waals surface area (Å²) in [5.74, 6) is 2.25. The molecular formula is C14H16Cl2N2O. The van der Waals surface area contributed by atoms with Crippen LogP contribution in [0.4, 0.5) is 0 Å². The summed E-state index contributed by atoms with van der Waals surface area (Å²) in [6.45, 7) is 2.47. The number of nitrogens with one attached hydrogen (secondary N) is 1. The molecule has 1 N–H and O–H groups in total. The first-order valence-corrected chi connectivity index (χ1v) is 6.56. The highest BCUT2D eigenvalue weighted by molar-refractivity contribution is 6.35. The van der Waals surface area contributed by atoms with Crippen LogP contribution in [0, 0.1) is 12.3 Å². The highest BCUT2D eigenvalue weighted by Gasteiger charge is 2.17. The lowest BCUT2D eigenvalue weighted by Crippen LogP contribution is -2.36. The fraction of sp³-hybridized carbons (Fsp3) is 0.357. The molecule has 1 atom stereocenters. The minimum atomic E-state index is -0.114. The summed E-state index contributed by atoms with van der Waals surface area (Å²) in [6, 6.07) is 5.35. The molecule has 0 spiro atoms. The molecule has 5 heteroatoms. The monoisotopic (exact) mass is 298 g/mol. The lowest BCUT2D eigenvalue weighted by Gasteiger charge is -2.25. The molecule has 0 fully saturated rings. The molecule has 0 aromatic heterocycles. The van der Waals surface area contributed by atoms with E-state index in [1.165, 1.54) is 0 Å². The normalized spacial score (nSPS) is 12.0. The molecule has 1 rings (SSSR count). The van der Waals surface area contributed by atoms with E-state index in [0.717, 1.165) is 5.56 Å². The van der Waals surface area contributed by atoms with E-state index in [4.69, 9.17) is 29.6 Å². The standard InChI is InChI=1S/C14H16Cl2N2O/c1-4-7-17-14(19)9-18(3)10(2)12-6-5-11(15)8-13(12)16/h1,5-6,8,10H,7,9H2,2-3H3,(H,17,19). The number of amides is 1. The second kappa shape index (κ2) is 7.40. The highest BCUT2D eigenvalue weighted by atomic mass is 35.5. The van der Waals surface area contributed by atoms with Crippen LogP contribution in [0.3, 0.4) is 0 Å². The Balaban J connectivity index is 2.69.